The lowest BCUT2D eigenvalue weighted by Gasteiger charge is -2.42. The molecule has 0 aromatic carbocycles. The average molecular weight is 580 g/mol. The van der Waals surface area contributed by atoms with Crippen LogP contribution < -0.4 is 22.6 Å². The monoisotopic (exact) mass is 580 g/mol. The Labute approximate surface area is 225 Å². The highest BCUT2D eigenvalue weighted by atomic mass is 16.8. The SMILES string of the molecule is Nc1nc2c(ncn2[C@]2(O[C@@]3(n4cnc5c(=O)[nH]c(N)nc54)O[C@H](CO)[C@@H](O)[C@H]3O)O[C@H](CO)[C@@H](O)[C@H]2O)c(=O)[nH]1. The van der Waals surface area contributed by atoms with Crippen LogP contribution in [0.3, 0.4) is 0 Å². The zero-order chi connectivity index (χ0) is 29.4. The van der Waals surface area contributed by atoms with Gasteiger partial charge in [0.2, 0.25) is 11.9 Å². The van der Waals surface area contributed by atoms with Crippen LogP contribution in [0.1, 0.15) is 0 Å². The van der Waals surface area contributed by atoms with Gasteiger partial charge in [-0.25, -0.2) is 9.97 Å². The molecule has 0 unspecified atom stereocenters. The summed E-state index contributed by atoms with van der Waals surface area (Å²) in [6, 6.07) is 0. The minimum atomic E-state index is -2.76. The molecule has 0 amide bonds. The number of aromatic amines is 2. The zero-order valence-electron chi connectivity index (χ0n) is 20.6. The fraction of sp³-hybridized carbons (Fsp3) is 0.500. The van der Waals surface area contributed by atoms with Crippen molar-refractivity contribution in [3.8, 4) is 0 Å². The number of fused-ring (bicyclic) bond motifs is 2. The van der Waals surface area contributed by atoms with Crippen LogP contribution in [0.15, 0.2) is 22.2 Å². The first kappa shape index (κ1) is 27.1. The summed E-state index contributed by atoms with van der Waals surface area (Å²) in [4.78, 5) is 45.4. The van der Waals surface area contributed by atoms with Crippen molar-refractivity contribution in [2.24, 2.45) is 0 Å². The Morgan fingerprint density at radius 3 is 1.54 bits per heavy atom. The summed E-state index contributed by atoms with van der Waals surface area (Å²) in [6.45, 7) is -1.71. The summed E-state index contributed by atoms with van der Waals surface area (Å²) in [7, 11) is 0. The topological polar surface area (TPSA) is 328 Å². The van der Waals surface area contributed by atoms with E-state index in [1.54, 1.807) is 0 Å². The Bertz CT molecular complexity index is 1630. The summed E-state index contributed by atoms with van der Waals surface area (Å²) in [5.74, 6) is -6.28. The maximum absolute atomic E-state index is 12.5. The predicted molar refractivity (Wildman–Crippen MR) is 130 cm³/mol. The van der Waals surface area contributed by atoms with Crippen LogP contribution >= 0.6 is 0 Å². The molecule has 8 atom stereocenters. The van der Waals surface area contributed by atoms with Crippen molar-refractivity contribution < 1.29 is 44.8 Å². The summed E-state index contributed by atoms with van der Waals surface area (Å²) in [6.07, 6.45) is -9.21. The van der Waals surface area contributed by atoms with Gasteiger partial charge in [0.25, 0.3) is 22.9 Å². The average Bonchev–Trinajstić information content (AvgIpc) is 3.66. The highest BCUT2D eigenvalue weighted by Gasteiger charge is 2.67. The molecule has 4 aromatic rings. The number of anilines is 2. The normalized spacial score (nSPS) is 33.8. The Morgan fingerprint density at radius 1 is 0.805 bits per heavy atom. The number of aliphatic hydroxyl groups excluding tert-OH is 6. The molecule has 220 valence electrons. The van der Waals surface area contributed by atoms with Crippen molar-refractivity contribution in [1.82, 2.24) is 39.0 Å². The Balaban J connectivity index is 1.65. The molecule has 2 fully saturated rings. The number of nitrogens with one attached hydrogen (secondary N) is 2. The minimum Gasteiger partial charge on any atom is -0.394 e. The second-order valence-electron chi connectivity index (χ2n) is 9.39. The van der Waals surface area contributed by atoms with Gasteiger partial charge in [-0.3, -0.25) is 33.4 Å². The van der Waals surface area contributed by atoms with Gasteiger partial charge in [-0.05, 0) is 0 Å². The molecule has 0 aliphatic carbocycles. The number of hydrogen-bond acceptors (Lipinski definition) is 17. The molecule has 6 heterocycles. The lowest BCUT2D eigenvalue weighted by molar-refractivity contribution is -0.444. The number of rotatable bonds is 6. The molecule has 21 heteroatoms. The van der Waals surface area contributed by atoms with E-state index < -0.39 is 72.8 Å². The molecule has 0 bridgehead atoms. The smallest absolute Gasteiger partial charge is 0.292 e. The largest absolute Gasteiger partial charge is 0.394 e. The fourth-order valence-electron chi connectivity index (χ4n) is 5.03. The van der Waals surface area contributed by atoms with Gasteiger partial charge in [0.1, 0.15) is 37.1 Å². The van der Waals surface area contributed by atoms with E-state index in [-0.39, 0.29) is 34.2 Å². The third kappa shape index (κ3) is 3.69. The van der Waals surface area contributed by atoms with Crippen LogP contribution in [-0.4, -0.2) is 120 Å². The van der Waals surface area contributed by atoms with Crippen molar-refractivity contribution in [1.29, 1.82) is 0 Å². The van der Waals surface area contributed by atoms with Gasteiger partial charge >= 0.3 is 0 Å². The van der Waals surface area contributed by atoms with Crippen molar-refractivity contribution in [2.45, 2.75) is 48.4 Å². The van der Waals surface area contributed by atoms with E-state index in [2.05, 4.69) is 29.9 Å². The molecule has 12 N–H and O–H groups in total. The number of imidazole rings is 2. The second kappa shape index (κ2) is 9.23. The minimum absolute atomic E-state index is 0.316. The van der Waals surface area contributed by atoms with Crippen LogP contribution in [-0.2, 0) is 26.0 Å². The molecule has 0 spiro atoms. The van der Waals surface area contributed by atoms with E-state index in [4.69, 9.17) is 25.7 Å². The third-order valence-electron chi connectivity index (χ3n) is 6.97. The van der Waals surface area contributed by atoms with Gasteiger partial charge in [-0.15, -0.1) is 0 Å². The van der Waals surface area contributed by atoms with Gasteiger partial charge in [0, 0.05) is 0 Å². The number of ether oxygens (including phenoxy) is 3. The third-order valence-corrected chi connectivity index (χ3v) is 6.97. The van der Waals surface area contributed by atoms with Crippen molar-refractivity contribution >= 4 is 34.2 Å². The van der Waals surface area contributed by atoms with E-state index in [1.807, 2.05) is 0 Å². The molecule has 4 aromatic heterocycles. The fourth-order valence-corrected chi connectivity index (χ4v) is 5.03. The number of nitrogens with zero attached hydrogens (tertiary/aromatic N) is 6. The van der Waals surface area contributed by atoms with E-state index in [0.29, 0.717) is 0 Å². The Morgan fingerprint density at radius 2 is 1.20 bits per heavy atom. The molecular formula is C20H24N10O11. The predicted octanol–water partition coefficient (Wildman–Crippen LogP) is -6.12. The quantitative estimate of drug-likeness (QED) is 0.101. The first-order valence-corrected chi connectivity index (χ1v) is 11.9. The molecule has 2 aliphatic heterocycles. The molecule has 21 nitrogen and oxygen atoms in total. The summed E-state index contributed by atoms with van der Waals surface area (Å²) in [5.41, 5.74) is 8.52. The molecule has 0 saturated carbocycles. The zero-order valence-corrected chi connectivity index (χ0v) is 20.6. The van der Waals surface area contributed by atoms with Gasteiger partial charge < -0.3 is 51.6 Å². The number of aromatic nitrogens is 8. The first-order valence-electron chi connectivity index (χ1n) is 11.9. The van der Waals surface area contributed by atoms with Crippen molar-refractivity contribution in [2.75, 3.05) is 24.7 Å². The van der Waals surface area contributed by atoms with Crippen LogP contribution in [0.25, 0.3) is 22.3 Å². The molecule has 0 radical (unpaired) electrons. The maximum Gasteiger partial charge on any atom is 0.292 e. The highest BCUT2D eigenvalue weighted by molar-refractivity contribution is 5.71. The number of hydrogen-bond donors (Lipinski definition) is 10. The van der Waals surface area contributed by atoms with Gasteiger partial charge in [0.05, 0.1) is 13.2 Å². The van der Waals surface area contributed by atoms with Crippen LogP contribution in [0.2, 0.25) is 0 Å². The lowest BCUT2D eigenvalue weighted by Crippen LogP contribution is -2.58. The van der Waals surface area contributed by atoms with E-state index in [1.165, 1.54) is 0 Å². The van der Waals surface area contributed by atoms with E-state index in [9.17, 15) is 40.2 Å². The van der Waals surface area contributed by atoms with E-state index >= 15 is 0 Å². The van der Waals surface area contributed by atoms with Gasteiger partial charge in [-0.2, -0.15) is 9.97 Å². The van der Waals surface area contributed by atoms with Gasteiger partial charge in [-0.1, -0.05) is 0 Å². The summed E-state index contributed by atoms with van der Waals surface area (Å²) >= 11 is 0. The number of H-pyrrole nitrogens is 2. The number of aliphatic hydroxyl groups is 6. The maximum atomic E-state index is 12.5. The summed E-state index contributed by atoms with van der Waals surface area (Å²) in [5, 5.41) is 64.0. The Kier molecular flexibility index (Phi) is 6.11. The van der Waals surface area contributed by atoms with Crippen molar-refractivity contribution in [3.63, 3.8) is 0 Å². The van der Waals surface area contributed by atoms with Crippen LogP contribution in [0.5, 0.6) is 0 Å². The standard InChI is InChI=1S/C20H24N10O11/c21-17-25-13-7(15(37)27-17)23-3-29(13)19(11(35)9(33)5(1-31)39-19)41-20(12(36)10(34)6(2-32)40-20)30-4-24-8-14(30)26-18(22)28-16(8)38/h3-6,9-12,31-36H,1-2H2,(H3,21,25,27,37)(H3,22,26,28,38)/t5-,6-,9-,10-,11-,12-,19+,20+/m1/s1. The molecule has 6 rings (SSSR count). The van der Waals surface area contributed by atoms with Gasteiger partial charge in [0.15, 0.2) is 34.5 Å². The molecule has 2 saturated heterocycles. The first-order chi connectivity index (χ1) is 19.5. The lowest BCUT2D eigenvalue weighted by atomic mass is 10.1. The number of nitrogen functional groups attached to an aromatic ring is 2. The Hall–Kier alpha value is -4.06. The van der Waals surface area contributed by atoms with Crippen LogP contribution in [0, 0.1) is 0 Å². The van der Waals surface area contributed by atoms with Crippen LogP contribution in [0.4, 0.5) is 11.9 Å². The molecular weight excluding hydrogens is 556 g/mol. The molecule has 2 aliphatic rings. The second-order valence-corrected chi connectivity index (χ2v) is 9.39. The van der Waals surface area contributed by atoms with Crippen molar-refractivity contribution in [3.05, 3.63) is 33.4 Å². The van der Waals surface area contributed by atoms with E-state index in [0.717, 1.165) is 21.8 Å². The molecule has 41 heavy (non-hydrogen) atoms. The number of nitrogens with two attached hydrogens (primary N) is 2. The highest BCUT2D eigenvalue weighted by Crippen LogP contribution is 2.47. The summed E-state index contributed by atoms with van der Waals surface area (Å²) < 4.78 is 19.6.